The molecule has 0 bridgehead atoms. The highest BCUT2D eigenvalue weighted by molar-refractivity contribution is 5.90. The van der Waals surface area contributed by atoms with Crippen LogP contribution in [0.2, 0.25) is 0 Å². The van der Waals surface area contributed by atoms with Crippen LogP contribution in [0.25, 0.3) is 10.9 Å². The Labute approximate surface area is 92.9 Å². The van der Waals surface area contributed by atoms with Crippen LogP contribution in [0.3, 0.4) is 0 Å². The average Bonchev–Trinajstić information content (AvgIpc) is 2.67. The fourth-order valence-electron chi connectivity index (χ4n) is 2.42. The van der Waals surface area contributed by atoms with E-state index < -0.39 is 0 Å². The Morgan fingerprint density at radius 2 is 2.25 bits per heavy atom. The molecular weight excluding hydrogens is 204 g/mol. The van der Waals surface area contributed by atoms with E-state index in [4.69, 9.17) is 5.11 Å². The number of fused-ring (bicyclic) bond motifs is 3. The van der Waals surface area contributed by atoms with Crippen LogP contribution in [-0.4, -0.2) is 27.8 Å². The molecule has 0 saturated carbocycles. The number of aromatic hydroxyl groups is 1. The number of nitrogens with one attached hydrogen (secondary N) is 2. The van der Waals surface area contributed by atoms with E-state index in [9.17, 15) is 5.11 Å². The molecule has 2 heterocycles. The highest BCUT2D eigenvalue weighted by Crippen LogP contribution is 2.32. The Balaban J connectivity index is 2.19. The van der Waals surface area contributed by atoms with Crippen molar-refractivity contribution in [3.8, 4) is 5.75 Å². The number of aromatic amines is 1. The van der Waals surface area contributed by atoms with Crippen LogP contribution < -0.4 is 5.32 Å². The number of aromatic nitrogens is 1. The first kappa shape index (κ1) is 9.69. The lowest BCUT2D eigenvalue weighted by atomic mass is 9.98. The van der Waals surface area contributed by atoms with Crippen molar-refractivity contribution in [2.45, 2.75) is 19.0 Å². The van der Waals surface area contributed by atoms with E-state index in [-0.39, 0.29) is 12.6 Å². The molecular formula is C12H14N2O2. The summed E-state index contributed by atoms with van der Waals surface area (Å²) in [6.45, 7) is 0.842. The van der Waals surface area contributed by atoms with Crippen molar-refractivity contribution in [1.82, 2.24) is 10.3 Å². The number of hydrogen-bond acceptors (Lipinski definition) is 3. The van der Waals surface area contributed by atoms with Gasteiger partial charge in [0.2, 0.25) is 0 Å². The lowest BCUT2D eigenvalue weighted by Gasteiger charge is -2.22. The Hall–Kier alpha value is -1.52. The summed E-state index contributed by atoms with van der Waals surface area (Å²) in [7, 11) is 0. The van der Waals surface area contributed by atoms with Gasteiger partial charge in [-0.3, -0.25) is 0 Å². The molecule has 1 aromatic carbocycles. The monoisotopic (exact) mass is 218 g/mol. The quantitative estimate of drug-likeness (QED) is 0.574. The largest absolute Gasteiger partial charge is 0.507 e. The van der Waals surface area contributed by atoms with E-state index in [1.165, 1.54) is 0 Å². The molecule has 2 aromatic rings. The molecule has 0 spiro atoms. The van der Waals surface area contributed by atoms with Gasteiger partial charge in [-0.05, 0) is 24.1 Å². The van der Waals surface area contributed by atoms with Crippen molar-refractivity contribution in [2.24, 2.45) is 0 Å². The summed E-state index contributed by atoms with van der Waals surface area (Å²) in [4.78, 5) is 3.30. The molecule has 0 radical (unpaired) electrons. The summed E-state index contributed by atoms with van der Waals surface area (Å²) in [5, 5.41) is 23.2. The molecule has 0 saturated heterocycles. The van der Waals surface area contributed by atoms with E-state index in [1.807, 2.05) is 12.1 Å². The second-order valence-corrected chi connectivity index (χ2v) is 4.25. The van der Waals surface area contributed by atoms with E-state index in [2.05, 4.69) is 10.3 Å². The molecule has 0 aliphatic carbocycles. The third kappa shape index (κ3) is 1.31. The van der Waals surface area contributed by atoms with Crippen molar-refractivity contribution >= 4 is 10.9 Å². The number of phenols is 1. The van der Waals surface area contributed by atoms with Gasteiger partial charge in [0.25, 0.3) is 0 Å². The van der Waals surface area contributed by atoms with E-state index in [0.717, 1.165) is 28.6 Å². The topological polar surface area (TPSA) is 68.3 Å². The normalized spacial score (nSPS) is 19.9. The highest BCUT2D eigenvalue weighted by atomic mass is 16.3. The van der Waals surface area contributed by atoms with Crippen LogP contribution in [0.15, 0.2) is 18.2 Å². The van der Waals surface area contributed by atoms with Crippen LogP contribution in [0.5, 0.6) is 5.75 Å². The Morgan fingerprint density at radius 1 is 1.38 bits per heavy atom. The molecule has 4 N–H and O–H groups in total. The van der Waals surface area contributed by atoms with Crippen molar-refractivity contribution in [3.05, 3.63) is 29.5 Å². The summed E-state index contributed by atoms with van der Waals surface area (Å²) >= 11 is 0. The number of H-pyrrole nitrogens is 1. The van der Waals surface area contributed by atoms with E-state index in [0.29, 0.717) is 12.3 Å². The minimum Gasteiger partial charge on any atom is -0.507 e. The third-order valence-electron chi connectivity index (χ3n) is 3.23. The van der Waals surface area contributed by atoms with Gasteiger partial charge in [-0.25, -0.2) is 0 Å². The fraction of sp³-hybridized carbons (Fsp3) is 0.333. The Bertz CT molecular complexity index is 533. The second-order valence-electron chi connectivity index (χ2n) is 4.25. The van der Waals surface area contributed by atoms with Crippen molar-refractivity contribution < 1.29 is 10.2 Å². The summed E-state index contributed by atoms with van der Waals surface area (Å²) < 4.78 is 0. The smallest absolute Gasteiger partial charge is 0.125 e. The average molecular weight is 218 g/mol. The van der Waals surface area contributed by atoms with Crippen molar-refractivity contribution in [3.63, 3.8) is 0 Å². The maximum Gasteiger partial charge on any atom is 0.125 e. The number of aliphatic hydroxyl groups excluding tert-OH is 1. The van der Waals surface area contributed by atoms with Crippen LogP contribution in [-0.2, 0) is 13.0 Å². The van der Waals surface area contributed by atoms with Crippen molar-refractivity contribution in [2.75, 3.05) is 6.61 Å². The Kier molecular flexibility index (Phi) is 2.12. The fourth-order valence-corrected chi connectivity index (χ4v) is 2.42. The second kappa shape index (κ2) is 3.50. The molecule has 1 atom stereocenters. The first-order valence-electron chi connectivity index (χ1n) is 5.45. The molecule has 4 heteroatoms. The number of hydrogen-bond donors (Lipinski definition) is 4. The van der Waals surface area contributed by atoms with Crippen LogP contribution in [0.4, 0.5) is 0 Å². The standard InChI is InChI=1S/C12H14N2O2/c15-6-7-4-8-10(5-13-7)14-9-2-1-3-11(16)12(8)9/h1-3,7,13-16H,4-6H2. The number of phenolic OH excluding ortho intramolecular Hbond substituents is 1. The Morgan fingerprint density at radius 3 is 3.06 bits per heavy atom. The SMILES string of the molecule is OCC1Cc2c([nH]c3cccc(O)c23)CN1. The molecule has 1 aromatic heterocycles. The molecule has 1 aliphatic rings. The van der Waals surface area contributed by atoms with Gasteiger partial charge in [0, 0.05) is 29.2 Å². The van der Waals surface area contributed by atoms with Crippen molar-refractivity contribution in [1.29, 1.82) is 0 Å². The number of benzene rings is 1. The zero-order valence-corrected chi connectivity index (χ0v) is 8.83. The first-order valence-corrected chi connectivity index (χ1v) is 5.45. The minimum atomic E-state index is 0.0890. The van der Waals surface area contributed by atoms with Crippen LogP contribution in [0.1, 0.15) is 11.3 Å². The van der Waals surface area contributed by atoms with Gasteiger partial charge in [0.1, 0.15) is 5.75 Å². The maximum absolute atomic E-state index is 9.87. The zero-order valence-electron chi connectivity index (χ0n) is 8.83. The molecule has 4 nitrogen and oxygen atoms in total. The van der Waals surface area contributed by atoms with E-state index in [1.54, 1.807) is 6.07 Å². The summed E-state index contributed by atoms with van der Waals surface area (Å²) in [6, 6.07) is 5.58. The van der Waals surface area contributed by atoms with Gasteiger partial charge in [0.05, 0.1) is 6.61 Å². The predicted molar refractivity (Wildman–Crippen MR) is 61.4 cm³/mol. The molecule has 84 valence electrons. The van der Waals surface area contributed by atoms with Gasteiger partial charge in [-0.15, -0.1) is 0 Å². The summed E-state index contributed by atoms with van der Waals surface area (Å²) in [6.07, 6.45) is 0.753. The zero-order chi connectivity index (χ0) is 11.1. The van der Waals surface area contributed by atoms with Gasteiger partial charge < -0.3 is 20.5 Å². The first-order chi connectivity index (χ1) is 7.79. The number of aliphatic hydroxyl groups is 1. The van der Waals surface area contributed by atoms with Gasteiger partial charge in [-0.1, -0.05) is 6.07 Å². The third-order valence-corrected chi connectivity index (χ3v) is 3.23. The van der Waals surface area contributed by atoms with Crippen LogP contribution in [0, 0.1) is 0 Å². The predicted octanol–water partition coefficient (Wildman–Crippen LogP) is 0.880. The molecule has 1 aliphatic heterocycles. The highest BCUT2D eigenvalue weighted by Gasteiger charge is 2.22. The lowest BCUT2D eigenvalue weighted by Crippen LogP contribution is -2.37. The van der Waals surface area contributed by atoms with Gasteiger partial charge >= 0.3 is 0 Å². The molecule has 0 amide bonds. The summed E-state index contributed by atoms with van der Waals surface area (Å²) in [5.74, 6) is 0.314. The van der Waals surface area contributed by atoms with Gasteiger partial charge in [0.15, 0.2) is 0 Å². The van der Waals surface area contributed by atoms with Crippen LogP contribution >= 0.6 is 0 Å². The summed E-state index contributed by atoms with van der Waals surface area (Å²) in [5.41, 5.74) is 3.21. The minimum absolute atomic E-state index is 0.0890. The number of rotatable bonds is 1. The van der Waals surface area contributed by atoms with E-state index >= 15 is 0 Å². The molecule has 16 heavy (non-hydrogen) atoms. The van der Waals surface area contributed by atoms with Gasteiger partial charge in [-0.2, -0.15) is 0 Å². The molecule has 1 unspecified atom stereocenters. The lowest BCUT2D eigenvalue weighted by molar-refractivity contribution is 0.235. The maximum atomic E-state index is 9.87. The molecule has 0 fully saturated rings. The molecule has 3 rings (SSSR count).